The first-order valence-corrected chi connectivity index (χ1v) is 6.49. The molecule has 1 heterocycles. The third-order valence-electron chi connectivity index (χ3n) is 3.53. The molecule has 0 radical (unpaired) electrons. The van der Waals surface area contributed by atoms with Gasteiger partial charge in [0.1, 0.15) is 0 Å². The Balaban J connectivity index is 1.93. The van der Waals surface area contributed by atoms with Gasteiger partial charge >= 0.3 is 5.97 Å². The van der Waals surface area contributed by atoms with Gasteiger partial charge in [0.15, 0.2) is 0 Å². The Labute approximate surface area is 107 Å². The van der Waals surface area contributed by atoms with E-state index >= 15 is 0 Å². The summed E-state index contributed by atoms with van der Waals surface area (Å²) in [5.41, 5.74) is 3.12. The molecule has 4 heteroatoms. The zero-order chi connectivity index (χ0) is 13.1. The van der Waals surface area contributed by atoms with Crippen molar-refractivity contribution in [3.8, 4) is 0 Å². The summed E-state index contributed by atoms with van der Waals surface area (Å²) in [4.78, 5) is 15.2. The lowest BCUT2D eigenvalue weighted by atomic mass is 9.86. The van der Waals surface area contributed by atoms with Gasteiger partial charge in [-0.1, -0.05) is 0 Å². The van der Waals surface area contributed by atoms with Crippen LogP contribution in [0, 0.1) is 19.8 Å². The Morgan fingerprint density at radius 3 is 2.28 bits per heavy atom. The monoisotopic (exact) mass is 248 g/mol. The molecule has 1 aromatic heterocycles. The molecule has 2 rings (SSSR count). The second-order valence-electron chi connectivity index (χ2n) is 5.17. The van der Waals surface area contributed by atoms with Gasteiger partial charge in [0.05, 0.1) is 5.92 Å². The van der Waals surface area contributed by atoms with E-state index in [4.69, 9.17) is 5.11 Å². The number of anilines is 1. The summed E-state index contributed by atoms with van der Waals surface area (Å²) in [6.07, 6.45) is 3.40. The third-order valence-corrected chi connectivity index (χ3v) is 3.53. The molecule has 4 nitrogen and oxygen atoms in total. The Hall–Kier alpha value is -1.58. The van der Waals surface area contributed by atoms with Crippen LogP contribution in [0.4, 0.5) is 5.69 Å². The molecule has 0 bridgehead atoms. The van der Waals surface area contributed by atoms with E-state index in [1.807, 2.05) is 26.0 Å². The third kappa shape index (κ3) is 3.22. The van der Waals surface area contributed by atoms with Gasteiger partial charge in [-0.3, -0.25) is 9.78 Å². The van der Waals surface area contributed by atoms with Gasteiger partial charge in [0, 0.05) is 23.1 Å². The number of aromatic nitrogens is 1. The molecule has 0 unspecified atom stereocenters. The highest BCUT2D eigenvalue weighted by Crippen LogP contribution is 2.27. The molecule has 0 spiro atoms. The highest BCUT2D eigenvalue weighted by molar-refractivity contribution is 5.70. The minimum absolute atomic E-state index is 0.149. The Morgan fingerprint density at radius 2 is 1.78 bits per heavy atom. The van der Waals surface area contributed by atoms with Crippen LogP contribution in [0.5, 0.6) is 0 Å². The van der Waals surface area contributed by atoms with Crippen molar-refractivity contribution in [2.24, 2.45) is 5.92 Å². The molecular formula is C14H20N2O2. The quantitative estimate of drug-likeness (QED) is 0.863. The number of carbonyl (C=O) groups is 1. The molecule has 0 atom stereocenters. The van der Waals surface area contributed by atoms with Crippen molar-refractivity contribution in [2.75, 3.05) is 5.32 Å². The lowest BCUT2D eigenvalue weighted by Gasteiger charge is -2.27. The van der Waals surface area contributed by atoms with Crippen LogP contribution in [-0.4, -0.2) is 22.1 Å². The van der Waals surface area contributed by atoms with Gasteiger partial charge in [0.25, 0.3) is 0 Å². The zero-order valence-electron chi connectivity index (χ0n) is 10.9. The summed E-state index contributed by atoms with van der Waals surface area (Å²) in [7, 11) is 0. The molecule has 2 N–H and O–H groups in total. The number of nitrogens with one attached hydrogen (secondary N) is 1. The number of pyridine rings is 1. The van der Waals surface area contributed by atoms with Crippen molar-refractivity contribution in [3.63, 3.8) is 0 Å². The minimum Gasteiger partial charge on any atom is -0.481 e. The number of carboxylic acids is 1. The number of hydrogen-bond donors (Lipinski definition) is 2. The highest BCUT2D eigenvalue weighted by Gasteiger charge is 2.25. The first-order valence-electron chi connectivity index (χ1n) is 6.49. The summed E-state index contributed by atoms with van der Waals surface area (Å²) in [5.74, 6) is -0.798. The predicted octanol–water partition coefficient (Wildman–Crippen LogP) is 2.75. The number of hydrogen-bond acceptors (Lipinski definition) is 3. The highest BCUT2D eigenvalue weighted by atomic mass is 16.4. The standard InChI is InChI=1S/C14H20N2O2/c1-9-7-13(8-10(2)15-9)16-12-5-3-11(4-6-12)14(17)18/h7-8,11-12H,3-6H2,1-2H3,(H,15,16)(H,17,18). The van der Waals surface area contributed by atoms with Crippen LogP contribution in [-0.2, 0) is 4.79 Å². The van der Waals surface area contributed by atoms with Crippen molar-refractivity contribution < 1.29 is 9.90 Å². The molecular weight excluding hydrogens is 228 g/mol. The van der Waals surface area contributed by atoms with E-state index in [1.165, 1.54) is 0 Å². The molecule has 1 saturated carbocycles. The van der Waals surface area contributed by atoms with Crippen molar-refractivity contribution in [1.82, 2.24) is 4.98 Å². The number of aliphatic carboxylic acids is 1. The average Bonchev–Trinajstić information content (AvgIpc) is 2.28. The van der Waals surface area contributed by atoms with Gasteiger partial charge in [0.2, 0.25) is 0 Å². The fraction of sp³-hybridized carbons (Fsp3) is 0.571. The van der Waals surface area contributed by atoms with Crippen LogP contribution in [0.2, 0.25) is 0 Å². The van der Waals surface area contributed by atoms with Crippen LogP contribution in [0.25, 0.3) is 0 Å². The lowest BCUT2D eigenvalue weighted by Crippen LogP contribution is -2.29. The van der Waals surface area contributed by atoms with E-state index in [0.717, 1.165) is 42.8 Å². The van der Waals surface area contributed by atoms with Gasteiger partial charge in [-0.05, 0) is 51.7 Å². The van der Waals surface area contributed by atoms with E-state index in [2.05, 4.69) is 10.3 Å². The second kappa shape index (κ2) is 5.38. The first kappa shape index (κ1) is 12.9. The summed E-state index contributed by atoms with van der Waals surface area (Å²) < 4.78 is 0. The van der Waals surface area contributed by atoms with Crippen molar-refractivity contribution in [1.29, 1.82) is 0 Å². The zero-order valence-corrected chi connectivity index (χ0v) is 10.9. The predicted molar refractivity (Wildman–Crippen MR) is 70.7 cm³/mol. The van der Waals surface area contributed by atoms with E-state index in [9.17, 15) is 4.79 Å². The summed E-state index contributed by atoms with van der Waals surface area (Å²) in [6.45, 7) is 3.97. The summed E-state index contributed by atoms with van der Waals surface area (Å²) in [6, 6.07) is 4.47. The molecule has 0 amide bonds. The normalized spacial score (nSPS) is 23.7. The molecule has 1 aromatic rings. The molecule has 98 valence electrons. The van der Waals surface area contributed by atoms with Gasteiger partial charge in [-0.25, -0.2) is 0 Å². The minimum atomic E-state index is -0.649. The maximum absolute atomic E-state index is 10.9. The number of carboxylic acid groups (broad SMARTS) is 1. The van der Waals surface area contributed by atoms with Gasteiger partial charge in [-0.2, -0.15) is 0 Å². The fourth-order valence-electron chi connectivity index (χ4n) is 2.64. The number of aryl methyl sites for hydroxylation is 2. The van der Waals surface area contributed by atoms with E-state index in [0.29, 0.717) is 6.04 Å². The fourth-order valence-corrected chi connectivity index (χ4v) is 2.64. The van der Waals surface area contributed by atoms with Crippen LogP contribution in [0.3, 0.4) is 0 Å². The topological polar surface area (TPSA) is 62.2 Å². The first-order chi connectivity index (χ1) is 8.54. The Morgan fingerprint density at radius 1 is 1.22 bits per heavy atom. The number of nitrogens with zero attached hydrogens (tertiary/aromatic N) is 1. The molecule has 1 fully saturated rings. The Bertz CT molecular complexity index is 417. The summed E-state index contributed by atoms with van der Waals surface area (Å²) in [5, 5.41) is 12.4. The van der Waals surface area contributed by atoms with Gasteiger partial charge in [-0.15, -0.1) is 0 Å². The van der Waals surface area contributed by atoms with Crippen molar-refractivity contribution >= 4 is 11.7 Å². The molecule has 0 saturated heterocycles. The van der Waals surface area contributed by atoms with Crippen molar-refractivity contribution in [2.45, 2.75) is 45.6 Å². The molecule has 1 aliphatic rings. The van der Waals surface area contributed by atoms with Crippen LogP contribution < -0.4 is 5.32 Å². The van der Waals surface area contributed by atoms with Crippen LogP contribution in [0.1, 0.15) is 37.1 Å². The van der Waals surface area contributed by atoms with Crippen molar-refractivity contribution in [3.05, 3.63) is 23.5 Å². The molecule has 1 aliphatic carbocycles. The smallest absolute Gasteiger partial charge is 0.306 e. The lowest BCUT2D eigenvalue weighted by molar-refractivity contribution is -0.142. The van der Waals surface area contributed by atoms with Crippen LogP contribution >= 0.6 is 0 Å². The summed E-state index contributed by atoms with van der Waals surface area (Å²) >= 11 is 0. The van der Waals surface area contributed by atoms with Crippen LogP contribution in [0.15, 0.2) is 12.1 Å². The largest absolute Gasteiger partial charge is 0.481 e. The molecule has 18 heavy (non-hydrogen) atoms. The van der Waals surface area contributed by atoms with E-state index in [-0.39, 0.29) is 5.92 Å². The molecule has 0 aliphatic heterocycles. The SMILES string of the molecule is Cc1cc(NC2CCC(C(=O)O)CC2)cc(C)n1. The molecule has 0 aromatic carbocycles. The van der Waals surface area contributed by atoms with Gasteiger partial charge < -0.3 is 10.4 Å². The average molecular weight is 248 g/mol. The van der Waals surface area contributed by atoms with E-state index < -0.39 is 5.97 Å². The van der Waals surface area contributed by atoms with E-state index in [1.54, 1.807) is 0 Å². The number of rotatable bonds is 3. The Kier molecular flexibility index (Phi) is 3.84. The second-order valence-corrected chi connectivity index (χ2v) is 5.17. The maximum Gasteiger partial charge on any atom is 0.306 e. The maximum atomic E-state index is 10.9.